The molecule has 1 atom stereocenters. The lowest BCUT2D eigenvalue weighted by Gasteiger charge is -2.12. The Morgan fingerprint density at radius 2 is 1.82 bits per heavy atom. The van der Waals surface area contributed by atoms with Crippen LogP contribution in [0.3, 0.4) is 0 Å². The number of aromatic nitrogens is 2. The molecule has 6 heteroatoms. The van der Waals surface area contributed by atoms with Gasteiger partial charge in [0.2, 0.25) is 11.7 Å². The van der Waals surface area contributed by atoms with Gasteiger partial charge in [-0.2, -0.15) is 0 Å². The van der Waals surface area contributed by atoms with Crippen LogP contribution in [0.15, 0.2) is 48.8 Å². The normalized spacial score (nSPS) is 11.5. The first-order chi connectivity index (χ1) is 10.7. The second-order valence-electron chi connectivity index (χ2n) is 4.61. The Kier molecular flexibility index (Phi) is 5.59. The summed E-state index contributed by atoms with van der Waals surface area (Å²) >= 11 is 0. The van der Waals surface area contributed by atoms with Gasteiger partial charge in [-0.1, -0.05) is 30.3 Å². The van der Waals surface area contributed by atoms with Gasteiger partial charge in [-0.05, 0) is 13.0 Å². The van der Waals surface area contributed by atoms with Gasteiger partial charge in [-0.3, -0.25) is 9.59 Å². The number of esters is 1. The minimum Gasteiger partial charge on any atom is -0.454 e. The van der Waals surface area contributed by atoms with E-state index in [0.29, 0.717) is 18.1 Å². The Balaban J connectivity index is 1.76. The smallest absolute Gasteiger partial charge is 0.308 e. The first-order valence-corrected chi connectivity index (χ1v) is 6.96. The summed E-state index contributed by atoms with van der Waals surface area (Å²) in [5.41, 5.74) is 0.526. The minimum atomic E-state index is -0.803. The second-order valence-corrected chi connectivity index (χ2v) is 4.61. The summed E-state index contributed by atoms with van der Waals surface area (Å²) in [5.74, 6) is -0.211. The number of nitrogens with zero attached hydrogens (tertiary/aromatic N) is 2. The summed E-state index contributed by atoms with van der Waals surface area (Å²) in [4.78, 5) is 31.7. The van der Waals surface area contributed by atoms with Crippen molar-refractivity contribution in [2.45, 2.75) is 19.4 Å². The third-order valence-electron chi connectivity index (χ3n) is 2.91. The lowest BCUT2D eigenvalue weighted by Crippen LogP contribution is -2.25. The molecule has 1 aromatic carbocycles. The van der Waals surface area contributed by atoms with Gasteiger partial charge in [0.15, 0.2) is 6.10 Å². The molecule has 114 valence electrons. The second kappa shape index (κ2) is 7.87. The Hall–Kier alpha value is -2.76. The Morgan fingerprint density at radius 3 is 2.50 bits per heavy atom. The summed E-state index contributed by atoms with van der Waals surface area (Å²) in [6.07, 6.45) is 2.54. The maximum Gasteiger partial charge on any atom is 0.308 e. The van der Waals surface area contributed by atoms with Gasteiger partial charge in [0.05, 0.1) is 6.42 Å². The maximum atomic E-state index is 12.1. The molecule has 6 nitrogen and oxygen atoms in total. The van der Waals surface area contributed by atoms with Gasteiger partial charge < -0.3 is 10.1 Å². The number of ketones is 1. The van der Waals surface area contributed by atoms with Crippen LogP contribution in [0.1, 0.15) is 23.7 Å². The number of hydrogen-bond acceptors (Lipinski definition) is 6. The van der Waals surface area contributed by atoms with Gasteiger partial charge in [0.1, 0.15) is 0 Å². The Morgan fingerprint density at radius 1 is 1.14 bits per heavy atom. The molecule has 1 heterocycles. The van der Waals surface area contributed by atoms with Crippen LogP contribution in [0.2, 0.25) is 0 Å². The predicted molar refractivity (Wildman–Crippen MR) is 81.5 cm³/mol. The molecular weight excluding hydrogens is 282 g/mol. The number of carbonyl (C=O) groups is 2. The van der Waals surface area contributed by atoms with Crippen molar-refractivity contribution in [3.8, 4) is 0 Å². The van der Waals surface area contributed by atoms with Gasteiger partial charge >= 0.3 is 5.97 Å². The monoisotopic (exact) mass is 299 g/mol. The number of Topliss-reactive ketones (excluding diaryl/α,β-unsaturated/α-hetero) is 1. The molecule has 0 aliphatic heterocycles. The van der Waals surface area contributed by atoms with E-state index in [1.54, 1.807) is 49.6 Å². The van der Waals surface area contributed by atoms with Crippen molar-refractivity contribution in [3.63, 3.8) is 0 Å². The molecular formula is C16H17N3O3. The first-order valence-electron chi connectivity index (χ1n) is 6.96. The maximum absolute atomic E-state index is 12.1. The van der Waals surface area contributed by atoms with E-state index in [4.69, 9.17) is 4.74 Å². The molecule has 0 bridgehead atoms. The molecule has 2 rings (SSSR count). The zero-order valence-electron chi connectivity index (χ0n) is 12.2. The van der Waals surface area contributed by atoms with Crippen molar-refractivity contribution in [2.75, 3.05) is 11.9 Å². The zero-order chi connectivity index (χ0) is 15.8. The number of nitrogens with one attached hydrogen (secondary N) is 1. The summed E-state index contributed by atoms with van der Waals surface area (Å²) < 4.78 is 5.14. The number of rotatable bonds is 7. The average molecular weight is 299 g/mol. The van der Waals surface area contributed by atoms with E-state index in [1.165, 1.54) is 0 Å². The molecule has 0 saturated carbocycles. The number of benzene rings is 1. The summed E-state index contributed by atoms with van der Waals surface area (Å²) in [6.45, 7) is 1.91. The number of anilines is 1. The van der Waals surface area contributed by atoms with Crippen molar-refractivity contribution < 1.29 is 14.3 Å². The highest BCUT2D eigenvalue weighted by atomic mass is 16.5. The van der Waals surface area contributed by atoms with Gasteiger partial charge in [-0.25, -0.2) is 9.97 Å². The fraction of sp³-hybridized carbons (Fsp3) is 0.250. The van der Waals surface area contributed by atoms with Crippen molar-refractivity contribution >= 4 is 17.7 Å². The van der Waals surface area contributed by atoms with Crippen molar-refractivity contribution in [1.29, 1.82) is 0 Å². The van der Waals surface area contributed by atoms with Crippen LogP contribution < -0.4 is 5.32 Å². The Labute approximate surface area is 128 Å². The van der Waals surface area contributed by atoms with Crippen molar-refractivity contribution in [2.24, 2.45) is 0 Å². The van der Waals surface area contributed by atoms with Crippen LogP contribution in [0.4, 0.5) is 5.95 Å². The predicted octanol–water partition coefficient (Wildman–Crippen LogP) is 2.09. The third kappa shape index (κ3) is 4.66. The number of ether oxygens (including phenoxy) is 1. The fourth-order valence-corrected chi connectivity index (χ4v) is 1.81. The molecule has 2 aromatic rings. The van der Waals surface area contributed by atoms with Crippen LogP contribution in [0.5, 0.6) is 0 Å². The number of hydrogen-bond donors (Lipinski definition) is 1. The van der Waals surface area contributed by atoms with E-state index >= 15 is 0 Å². The molecule has 0 fully saturated rings. The highest BCUT2D eigenvalue weighted by Crippen LogP contribution is 2.07. The molecule has 1 N–H and O–H groups in total. The quantitative estimate of drug-likeness (QED) is 0.623. The van der Waals surface area contributed by atoms with Crippen LogP contribution in [-0.2, 0) is 9.53 Å². The molecule has 0 radical (unpaired) electrons. The summed E-state index contributed by atoms with van der Waals surface area (Å²) in [6, 6.07) is 10.5. The van der Waals surface area contributed by atoms with Crippen molar-refractivity contribution in [3.05, 3.63) is 54.4 Å². The van der Waals surface area contributed by atoms with E-state index in [0.717, 1.165) is 0 Å². The van der Waals surface area contributed by atoms with Gasteiger partial charge in [0, 0.05) is 24.5 Å². The van der Waals surface area contributed by atoms with Crippen LogP contribution in [0.25, 0.3) is 0 Å². The molecule has 0 spiro atoms. The van der Waals surface area contributed by atoms with Gasteiger partial charge in [-0.15, -0.1) is 0 Å². The van der Waals surface area contributed by atoms with Crippen LogP contribution in [0, 0.1) is 0 Å². The zero-order valence-corrected chi connectivity index (χ0v) is 12.2. The van der Waals surface area contributed by atoms with Crippen LogP contribution in [-0.4, -0.2) is 34.4 Å². The summed E-state index contributed by atoms with van der Waals surface area (Å²) in [7, 11) is 0. The largest absolute Gasteiger partial charge is 0.454 e. The molecule has 22 heavy (non-hydrogen) atoms. The highest BCUT2D eigenvalue weighted by Gasteiger charge is 2.18. The molecule has 0 aliphatic carbocycles. The standard InChI is InChI=1S/C16H17N3O3/c1-12(15(21)13-6-3-2-4-7-13)22-14(20)8-11-19-16-17-9-5-10-18-16/h2-7,9-10,12H,8,11H2,1H3,(H,17,18,19). The van der Waals surface area contributed by atoms with E-state index in [1.807, 2.05) is 6.07 Å². The SMILES string of the molecule is CC(OC(=O)CCNc1ncccn1)C(=O)c1ccccc1. The lowest BCUT2D eigenvalue weighted by atomic mass is 10.1. The lowest BCUT2D eigenvalue weighted by molar-refractivity contribution is -0.145. The van der Waals surface area contributed by atoms with Gasteiger partial charge in [0.25, 0.3) is 0 Å². The van der Waals surface area contributed by atoms with E-state index < -0.39 is 12.1 Å². The first kappa shape index (κ1) is 15.6. The topological polar surface area (TPSA) is 81.2 Å². The highest BCUT2D eigenvalue weighted by molar-refractivity contribution is 6.00. The minimum absolute atomic E-state index is 0.130. The van der Waals surface area contributed by atoms with E-state index in [-0.39, 0.29) is 12.2 Å². The van der Waals surface area contributed by atoms with E-state index in [2.05, 4.69) is 15.3 Å². The molecule has 1 aromatic heterocycles. The molecule has 0 saturated heterocycles. The van der Waals surface area contributed by atoms with Crippen LogP contribution >= 0.6 is 0 Å². The molecule has 0 amide bonds. The molecule has 1 unspecified atom stereocenters. The van der Waals surface area contributed by atoms with Crippen molar-refractivity contribution in [1.82, 2.24) is 9.97 Å². The fourth-order valence-electron chi connectivity index (χ4n) is 1.81. The van der Waals surface area contributed by atoms with E-state index in [9.17, 15) is 9.59 Å². The third-order valence-corrected chi connectivity index (χ3v) is 2.91. The Bertz CT molecular complexity index is 617. The average Bonchev–Trinajstić information content (AvgIpc) is 2.56. The molecule has 0 aliphatic rings. The number of carbonyl (C=O) groups excluding carboxylic acids is 2. The summed E-state index contributed by atoms with van der Waals surface area (Å²) in [5, 5.41) is 2.90.